The van der Waals surface area contributed by atoms with Crippen LogP contribution in [0.15, 0.2) is 24.3 Å². The Kier molecular flexibility index (Phi) is 49.5. The predicted octanol–water partition coefficient (Wildman–Crippen LogP) is 10.4. The van der Waals surface area contributed by atoms with Crippen molar-refractivity contribution in [2.45, 2.75) is 389 Å². The summed E-state index contributed by atoms with van der Waals surface area (Å²) in [6, 6.07) is 0. The first kappa shape index (κ1) is 89.7. The summed E-state index contributed by atoms with van der Waals surface area (Å²) in [5.74, 6) is -1.55. The molecule has 19 atom stereocenters. The number of rotatable bonds is 58. The van der Waals surface area contributed by atoms with Gasteiger partial charge in [-0.25, -0.2) is 9.36 Å². The molecule has 11 N–H and O–H groups in total. The van der Waals surface area contributed by atoms with E-state index in [0.717, 1.165) is 96.0 Å². The zero-order valence-electron chi connectivity index (χ0n) is 60.0. The third-order valence-corrected chi connectivity index (χ3v) is 20.0. The summed E-state index contributed by atoms with van der Waals surface area (Å²) in [6.07, 6.45) is 13.2. The third kappa shape index (κ3) is 37.2. The van der Waals surface area contributed by atoms with E-state index in [9.17, 15) is 74.9 Å². The van der Waals surface area contributed by atoms with E-state index in [1.807, 2.05) is 6.08 Å². The van der Waals surface area contributed by atoms with Gasteiger partial charge in [-0.2, -0.15) is 0 Å². The van der Waals surface area contributed by atoms with Gasteiger partial charge in [-0.3, -0.25) is 18.6 Å². The average molecular weight is 1430 g/mol. The number of carbonyl (C=O) groups excluding carboxylic acids is 3. The molecule has 0 amide bonds. The molecule has 25 heteroatoms. The van der Waals surface area contributed by atoms with E-state index in [1.165, 1.54) is 147 Å². The van der Waals surface area contributed by atoms with E-state index in [-0.39, 0.29) is 12.8 Å². The molecule has 1 saturated carbocycles. The molecule has 0 radical (unpaired) electrons. The molecule has 1 aliphatic carbocycles. The number of allylic oxidation sites excluding steroid dienone is 3. The Balaban J connectivity index is 1.75. The second-order valence-electron chi connectivity index (χ2n) is 27.7. The molecule has 0 aromatic carbocycles. The van der Waals surface area contributed by atoms with Crippen molar-refractivity contribution in [3.05, 3.63) is 24.3 Å². The van der Waals surface area contributed by atoms with E-state index in [4.69, 9.17) is 42.2 Å². The lowest BCUT2D eigenvalue weighted by Crippen LogP contribution is -2.69. The molecule has 0 spiro atoms. The van der Waals surface area contributed by atoms with Crippen LogP contribution < -0.4 is 0 Å². The molecule has 19 unspecified atom stereocenters. The Morgan fingerprint density at radius 1 is 0.449 bits per heavy atom. The van der Waals surface area contributed by atoms with E-state index in [2.05, 4.69) is 27.7 Å². The van der Waals surface area contributed by atoms with Gasteiger partial charge in [0.15, 0.2) is 18.7 Å². The maximum absolute atomic E-state index is 14.3. The number of ether oxygens (including phenoxy) is 7. The Bertz CT molecular complexity index is 2140. The summed E-state index contributed by atoms with van der Waals surface area (Å²) >= 11 is 0. The van der Waals surface area contributed by atoms with Crippen LogP contribution in [0.25, 0.3) is 0 Å². The van der Waals surface area contributed by atoms with Gasteiger partial charge in [0, 0.05) is 18.9 Å². The second kappa shape index (κ2) is 54.1. The lowest BCUT2D eigenvalue weighted by Gasteiger charge is -2.49. The average Bonchev–Trinajstić information content (AvgIpc) is 0.762. The van der Waals surface area contributed by atoms with Crippen LogP contribution in [0.4, 0.5) is 0 Å². The fraction of sp³-hybridized carbons (Fsp3) is 0.904. The van der Waals surface area contributed by atoms with Crippen molar-refractivity contribution >= 4 is 25.7 Å². The number of phosphoric acid groups is 1. The molecule has 24 nitrogen and oxygen atoms in total. The fourth-order valence-corrected chi connectivity index (χ4v) is 13.6. The Labute approximate surface area is 585 Å². The standard InChI is InChI=1S/C73H133O24P/c1-5-8-11-14-17-19-21-23-24-25-27-29-31-38-43-48-59(77)92-54(50-89-57(75)46-41-36-30-28-26-22-20-18-15-12-9-6-2)51-91-98(87,88)97-71-69(95-72-67(85)62(80)60(78)55(49-74)93-72)65(83)64(82)66(84)70(71)96-73-68(86)63(81)61(79)56(94-73)52-90-58(76)47-42-37-33-32-35-40-45-53(4)44-39-34-16-13-10-7-3/h31,38,43,48,53-56,60-74,78-86H,5-30,32-37,39-42,44-47,49-52H2,1-4H3,(H,87,88)/b38-31+,48-43+. The van der Waals surface area contributed by atoms with Crippen LogP contribution in [-0.4, -0.2) is 204 Å². The molecular weight excluding hydrogens is 1290 g/mol. The summed E-state index contributed by atoms with van der Waals surface area (Å²) in [7, 11) is -5.72. The molecule has 3 aliphatic rings. The van der Waals surface area contributed by atoms with Gasteiger partial charge in [-0.05, 0) is 31.6 Å². The Morgan fingerprint density at radius 2 is 0.837 bits per heavy atom. The van der Waals surface area contributed by atoms with Crippen LogP contribution in [0.5, 0.6) is 0 Å². The number of carbonyl (C=O) groups is 3. The number of aliphatic hydroxyl groups excluding tert-OH is 10. The minimum absolute atomic E-state index is 0.0257. The van der Waals surface area contributed by atoms with Crippen molar-refractivity contribution in [3.8, 4) is 0 Å². The molecule has 574 valence electrons. The van der Waals surface area contributed by atoms with E-state index in [0.29, 0.717) is 18.8 Å². The maximum Gasteiger partial charge on any atom is 0.472 e. The van der Waals surface area contributed by atoms with Gasteiger partial charge < -0.3 is 89.1 Å². The summed E-state index contributed by atoms with van der Waals surface area (Å²) in [5, 5.41) is 110. The highest BCUT2D eigenvalue weighted by Gasteiger charge is 2.58. The third-order valence-electron chi connectivity index (χ3n) is 19.0. The number of aliphatic hydroxyl groups is 10. The molecule has 3 fully saturated rings. The lowest BCUT2D eigenvalue weighted by molar-refractivity contribution is -0.360. The summed E-state index contributed by atoms with van der Waals surface area (Å²) in [5.41, 5.74) is 0. The SMILES string of the molecule is CCCCCCCCCCCCC/C=C/C=C/C(=O)OC(COC(=O)CCCCCCCCCCCCCC)COP(=O)(O)OC1C(OC2OC(CO)C(O)C(O)C2O)C(O)C(O)C(O)C1OC1OC(COC(=O)CCCCCCCCC(C)CCCCCCCC)C(O)C(O)C1O. The monoisotopic (exact) mass is 1420 g/mol. The van der Waals surface area contributed by atoms with E-state index in [1.54, 1.807) is 6.08 Å². The van der Waals surface area contributed by atoms with Crippen LogP contribution in [0.1, 0.15) is 285 Å². The van der Waals surface area contributed by atoms with Gasteiger partial charge in [-0.15, -0.1) is 0 Å². The van der Waals surface area contributed by atoms with Gasteiger partial charge in [0.1, 0.15) is 98.7 Å². The van der Waals surface area contributed by atoms with Gasteiger partial charge in [0.05, 0.1) is 13.2 Å². The zero-order chi connectivity index (χ0) is 71.9. The number of hydrogen-bond acceptors (Lipinski definition) is 23. The Morgan fingerprint density at radius 3 is 1.29 bits per heavy atom. The molecular formula is C73H133O24P. The zero-order valence-corrected chi connectivity index (χ0v) is 60.9. The molecule has 2 aliphatic heterocycles. The van der Waals surface area contributed by atoms with Gasteiger partial charge in [0.25, 0.3) is 0 Å². The number of unbranched alkanes of at least 4 members (excludes halogenated alkanes) is 32. The quantitative estimate of drug-likeness (QED) is 0.00673. The van der Waals surface area contributed by atoms with Crippen LogP contribution in [0.3, 0.4) is 0 Å². The molecule has 98 heavy (non-hydrogen) atoms. The highest BCUT2D eigenvalue weighted by Crippen LogP contribution is 2.49. The first-order valence-corrected chi connectivity index (χ1v) is 39.5. The minimum atomic E-state index is -5.72. The van der Waals surface area contributed by atoms with Crippen LogP contribution >= 0.6 is 7.82 Å². The smallest absolute Gasteiger partial charge is 0.463 e. The highest BCUT2D eigenvalue weighted by atomic mass is 31.2. The number of esters is 3. The molecule has 3 rings (SSSR count). The second-order valence-corrected chi connectivity index (χ2v) is 29.1. The minimum Gasteiger partial charge on any atom is -0.463 e. The van der Waals surface area contributed by atoms with Crippen molar-refractivity contribution in [2.24, 2.45) is 5.92 Å². The topological polar surface area (TPSA) is 374 Å². The molecule has 2 saturated heterocycles. The number of hydrogen-bond donors (Lipinski definition) is 11. The summed E-state index contributed by atoms with van der Waals surface area (Å²) in [6.45, 7) is 5.65. The lowest BCUT2D eigenvalue weighted by atomic mass is 9.84. The van der Waals surface area contributed by atoms with Crippen molar-refractivity contribution < 1.29 is 117 Å². The first-order chi connectivity index (χ1) is 47.2. The molecule has 0 bridgehead atoms. The maximum atomic E-state index is 14.3. The molecule has 0 aromatic heterocycles. The highest BCUT2D eigenvalue weighted by molar-refractivity contribution is 7.47. The predicted molar refractivity (Wildman–Crippen MR) is 370 cm³/mol. The van der Waals surface area contributed by atoms with Crippen LogP contribution in [0.2, 0.25) is 0 Å². The van der Waals surface area contributed by atoms with Gasteiger partial charge >= 0.3 is 25.7 Å². The normalized spacial score (nSPS) is 28.1. The Hall–Kier alpha value is -2.56. The van der Waals surface area contributed by atoms with Gasteiger partial charge in [0.2, 0.25) is 0 Å². The first-order valence-electron chi connectivity index (χ1n) is 38.1. The molecule has 0 aromatic rings. The van der Waals surface area contributed by atoms with E-state index >= 15 is 0 Å². The molecule has 2 heterocycles. The van der Waals surface area contributed by atoms with Gasteiger partial charge in [-0.1, -0.05) is 264 Å². The number of phosphoric ester groups is 1. The summed E-state index contributed by atoms with van der Waals surface area (Å²) in [4.78, 5) is 50.9. The van der Waals surface area contributed by atoms with E-state index < -0.39 is 156 Å². The van der Waals surface area contributed by atoms with Crippen molar-refractivity contribution in [3.63, 3.8) is 0 Å². The van der Waals surface area contributed by atoms with Crippen molar-refractivity contribution in [2.75, 3.05) is 26.4 Å². The van der Waals surface area contributed by atoms with Crippen molar-refractivity contribution in [1.29, 1.82) is 0 Å². The van der Waals surface area contributed by atoms with Crippen molar-refractivity contribution in [1.82, 2.24) is 0 Å². The fourth-order valence-electron chi connectivity index (χ4n) is 12.7. The summed E-state index contributed by atoms with van der Waals surface area (Å²) < 4.78 is 64.8. The van der Waals surface area contributed by atoms with Crippen LogP contribution in [-0.2, 0) is 61.2 Å². The van der Waals surface area contributed by atoms with Crippen LogP contribution in [0, 0.1) is 5.92 Å². The largest absolute Gasteiger partial charge is 0.472 e.